The summed E-state index contributed by atoms with van der Waals surface area (Å²) < 4.78 is 15.0. The number of H-pyrrole nitrogens is 1. The van der Waals surface area contributed by atoms with Crippen molar-refractivity contribution in [3.8, 4) is 17.2 Å². The number of carbonyl (C=O) groups excluding carboxylic acids is 2. The van der Waals surface area contributed by atoms with Gasteiger partial charge in [0.2, 0.25) is 5.91 Å². The summed E-state index contributed by atoms with van der Waals surface area (Å²) in [5.74, 6) is -2.22. The maximum Gasteiger partial charge on any atom is 0.343 e. The number of pyridine rings is 1. The van der Waals surface area contributed by atoms with Crippen LogP contribution in [-0.2, 0) is 9.53 Å². The standard InChI is InChI=1S/C18H20N2O7/c1-25-12-5-4-9(6-13(12)26-2)10(7-14(19)21)15-16(22)11(18(24)27-3)8-20-17(15)23/h4-6,8,10H,7H2,1-3H3,(H2,19,21)(H2,20,22,23)/t10-/m1/s1. The van der Waals surface area contributed by atoms with Crippen LogP contribution in [0.3, 0.4) is 0 Å². The van der Waals surface area contributed by atoms with E-state index in [4.69, 9.17) is 15.2 Å². The van der Waals surface area contributed by atoms with Crippen LogP contribution in [0.25, 0.3) is 0 Å². The molecule has 9 nitrogen and oxygen atoms in total. The number of amides is 1. The third-order valence-corrected chi connectivity index (χ3v) is 4.07. The zero-order valence-corrected chi connectivity index (χ0v) is 15.1. The number of esters is 1. The highest BCUT2D eigenvalue weighted by Crippen LogP contribution is 2.37. The van der Waals surface area contributed by atoms with Gasteiger partial charge in [-0.15, -0.1) is 0 Å². The molecular formula is C18H20N2O7. The molecule has 1 amide bonds. The number of primary amides is 1. The molecule has 1 aromatic carbocycles. The third kappa shape index (κ3) is 4.02. The van der Waals surface area contributed by atoms with Crippen LogP contribution < -0.4 is 20.8 Å². The number of nitrogens with one attached hydrogen (secondary N) is 1. The van der Waals surface area contributed by atoms with E-state index in [1.807, 2.05) is 0 Å². The maximum absolute atomic E-state index is 12.4. The van der Waals surface area contributed by atoms with E-state index in [9.17, 15) is 19.5 Å². The Morgan fingerprint density at radius 1 is 1.19 bits per heavy atom. The van der Waals surface area contributed by atoms with Gasteiger partial charge in [0.1, 0.15) is 11.3 Å². The van der Waals surface area contributed by atoms with Crippen LogP contribution in [-0.4, -0.2) is 43.3 Å². The molecule has 0 aliphatic heterocycles. The summed E-state index contributed by atoms with van der Waals surface area (Å²) in [6, 6.07) is 4.77. The van der Waals surface area contributed by atoms with Gasteiger partial charge in [0, 0.05) is 18.5 Å². The fourth-order valence-electron chi connectivity index (χ4n) is 2.78. The van der Waals surface area contributed by atoms with Crippen LogP contribution in [0.2, 0.25) is 0 Å². The van der Waals surface area contributed by atoms with Crippen LogP contribution >= 0.6 is 0 Å². The first-order valence-electron chi connectivity index (χ1n) is 7.87. The van der Waals surface area contributed by atoms with Gasteiger partial charge in [-0.05, 0) is 17.7 Å². The highest BCUT2D eigenvalue weighted by Gasteiger charge is 2.28. The zero-order valence-electron chi connectivity index (χ0n) is 15.1. The van der Waals surface area contributed by atoms with Gasteiger partial charge in [-0.1, -0.05) is 6.07 Å². The van der Waals surface area contributed by atoms with E-state index in [0.29, 0.717) is 17.1 Å². The number of aromatic hydroxyl groups is 1. The molecule has 1 aromatic heterocycles. The molecule has 0 spiro atoms. The van der Waals surface area contributed by atoms with Gasteiger partial charge in [0.15, 0.2) is 11.5 Å². The molecular weight excluding hydrogens is 356 g/mol. The first-order chi connectivity index (χ1) is 12.8. The number of hydrogen-bond acceptors (Lipinski definition) is 7. The van der Waals surface area contributed by atoms with Crippen LogP contribution in [0, 0.1) is 0 Å². The quantitative estimate of drug-likeness (QED) is 0.609. The molecule has 0 radical (unpaired) electrons. The SMILES string of the molecule is COC(=O)c1c[nH]c(=O)c([C@H](CC(N)=O)c2ccc(OC)c(OC)c2)c1O. The molecule has 0 aliphatic rings. The van der Waals surface area contributed by atoms with E-state index in [-0.39, 0.29) is 17.5 Å². The first-order valence-corrected chi connectivity index (χ1v) is 7.87. The number of hydrogen-bond donors (Lipinski definition) is 3. The Bertz CT molecular complexity index is 920. The molecule has 0 aliphatic carbocycles. The second kappa shape index (κ2) is 8.26. The topological polar surface area (TPSA) is 141 Å². The van der Waals surface area contributed by atoms with Gasteiger partial charge < -0.3 is 30.0 Å². The molecule has 0 saturated carbocycles. The van der Waals surface area contributed by atoms with Crippen LogP contribution in [0.1, 0.15) is 33.8 Å². The Morgan fingerprint density at radius 3 is 2.41 bits per heavy atom. The summed E-state index contributed by atoms with van der Waals surface area (Å²) in [6.45, 7) is 0. The molecule has 4 N–H and O–H groups in total. The van der Waals surface area contributed by atoms with Gasteiger partial charge in [-0.2, -0.15) is 0 Å². The van der Waals surface area contributed by atoms with E-state index >= 15 is 0 Å². The minimum absolute atomic E-state index is 0.177. The monoisotopic (exact) mass is 376 g/mol. The van der Waals surface area contributed by atoms with Crippen LogP contribution in [0.5, 0.6) is 17.2 Å². The van der Waals surface area contributed by atoms with Crippen molar-refractivity contribution in [2.24, 2.45) is 5.73 Å². The molecule has 0 bridgehead atoms. The molecule has 9 heteroatoms. The summed E-state index contributed by atoms with van der Waals surface area (Å²) in [7, 11) is 4.05. The van der Waals surface area contributed by atoms with Gasteiger partial charge in [-0.3, -0.25) is 9.59 Å². The Hall–Kier alpha value is -3.49. The van der Waals surface area contributed by atoms with E-state index in [1.165, 1.54) is 14.2 Å². The van der Waals surface area contributed by atoms with Crippen molar-refractivity contribution in [3.63, 3.8) is 0 Å². The number of rotatable bonds is 7. The Labute approximate surface area is 154 Å². The number of aromatic amines is 1. The van der Waals surface area contributed by atoms with Crippen LogP contribution in [0.15, 0.2) is 29.2 Å². The third-order valence-electron chi connectivity index (χ3n) is 4.07. The van der Waals surface area contributed by atoms with E-state index < -0.39 is 29.1 Å². The smallest absolute Gasteiger partial charge is 0.343 e. The molecule has 0 unspecified atom stereocenters. The Balaban J connectivity index is 2.70. The van der Waals surface area contributed by atoms with Crippen molar-refractivity contribution in [2.75, 3.05) is 21.3 Å². The number of ether oxygens (including phenoxy) is 3. The summed E-state index contributed by atoms with van der Waals surface area (Å²) >= 11 is 0. The molecule has 0 saturated heterocycles. The van der Waals surface area contributed by atoms with Gasteiger partial charge in [0.25, 0.3) is 5.56 Å². The molecule has 2 aromatic rings. The summed E-state index contributed by atoms with van der Waals surface area (Å²) in [5.41, 5.74) is 4.73. The fourth-order valence-corrected chi connectivity index (χ4v) is 2.78. The van der Waals surface area contributed by atoms with Gasteiger partial charge in [-0.25, -0.2) is 4.79 Å². The number of carbonyl (C=O) groups is 2. The summed E-state index contributed by atoms with van der Waals surface area (Å²) in [5, 5.41) is 10.5. The lowest BCUT2D eigenvalue weighted by Gasteiger charge is -2.19. The van der Waals surface area contributed by atoms with Crippen molar-refractivity contribution in [2.45, 2.75) is 12.3 Å². The highest BCUT2D eigenvalue weighted by molar-refractivity contribution is 5.92. The Kier molecular flexibility index (Phi) is 6.07. The predicted octanol–water partition coefficient (Wildman–Crippen LogP) is 0.892. The molecule has 27 heavy (non-hydrogen) atoms. The largest absolute Gasteiger partial charge is 0.506 e. The first kappa shape index (κ1) is 19.8. The van der Waals surface area contributed by atoms with Crippen molar-refractivity contribution in [1.82, 2.24) is 4.98 Å². The number of aromatic nitrogens is 1. The molecule has 144 valence electrons. The lowest BCUT2D eigenvalue weighted by molar-refractivity contribution is -0.118. The maximum atomic E-state index is 12.4. The van der Waals surface area contributed by atoms with Gasteiger partial charge >= 0.3 is 5.97 Å². The van der Waals surface area contributed by atoms with E-state index in [2.05, 4.69) is 9.72 Å². The minimum atomic E-state index is -0.921. The van der Waals surface area contributed by atoms with Gasteiger partial charge in [0.05, 0.1) is 26.9 Å². The molecule has 0 fully saturated rings. The average molecular weight is 376 g/mol. The fraction of sp³-hybridized carbons (Fsp3) is 0.278. The summed E-state index contributed by atoms with van der Waals surface area (Å²) in [4.78, 5) is 38.2. The second-order valence-corrected chi connectivity index (χ2v) is 5.62. The second-order valence-electron chi connectivity index (χ2n) is 5.62. The van der Waals surface area contributed by atoms with Crippen molar-refractivity contribution in [1.29, 1.82) is 0 Å². The van der Waals surface area contributed by atoms with Crippen molar-refractivity contribution < 1.29 is 28.9 Å². The van der Waals surface area contributed by atoms with E-state index in [1.54, 1.807) is 18.2 Å². The highest BCUT2D eigenvalue weighted by atomic mass is 16.5. The van der Waals surface area contributed by atoms with Crippen molar-refractivity contribution in [3.05, 3.63) is 51.4 Å². The lowest BCUT2D eigenvalue weighted by Crippen LogP contribution is -2.24. The molecule has 2 rings (SSSR count). The van der Waals surface area contributed by atoms with Crippen LogP contribution in [0.4, 0.5) is 0 Å². The summed E-state index contributed by atoms with van der Waals surface area (Å²) in [6.07, 6.45) is 0.764. The lowest BCUT2D eigenvalue weighted by atomic mass is 9.87. The molecule has 1 heterocycles. The van der Waals surface area contributed by atoms with E-state index in [0.717, 1.165) is 13.3 Å². The minimum Gasteiger partial charge on any atom is -0.506 e. The molecule has 1 atom stereocenters. The number of methoxy groups -OCH3 is 3. The predicted molar refractivity (Wildman–Crippen MR) is 95.3 cm³/mol. The number of nitrogens with two attached hydrogens (primary N) is 1. The average Bonchev–Trinajstić information content (AvgIpc) is 2.65. The van der Waals surface area contributed by atoms with Crippen molar-refractivity contribution >= 4 is 11.9 Å². The number of benzene rings is 1. The Morgan fingerprint density at radius 2 is 1.85 bits per heavy atom. The zero-order chi connectivity index (χ0) is 20.1. The normalized spacial score (nSPS) is 11.5.